The van der Waals surface area contributed by atoms with Crippen molar-refractivity contribution in [2.45, 2.75) is 43.0 Å². The van der Waals surface area contributed by atoms with Crippen LogP contribution < -0.4 is 0 Å². The Labute approximate surface area is 664 Å². The molecule has 558 valence electrons. The molecule has 17 aromatic carbocycles. The molecule has 9 heteroatoms. The number of rotatable bonds is 14. The molecule has 0 aliphatic carbocycles. The van der Waals surface area contributed by atoms with E-state index in [1.807, 2.05) is 420 Å². The number of phenols is 5. The van der Waals surface area contributed by atoms with Gasteiger partial charge in [0.1, 0.15) is 52.2 Å². The Balaban J connectivity index is 0.000000124. The van der Waals surface area contributed by atoms with Crippen LogP contribution in [-0.4, -0.2) is 53.7 Å². The maximum absolute atomic E-state index is 12.6. The number of ether oxygens (including phenoxy) is 2. The molecule has 1 heterocycles. The summed E-state index contributed by atoms with van der Waals surface area (Å²) in [6.45, 7) is 3.62. The van der Waals surface area contributed by atoms with Gasteiger partial charge in [0.05, 0.1) is 0 Å². The Morgan fingerprint density at radius 1 is 0.228 bits per heavy atom. The predicted molar refractivity (Wildman–Crippen MR) is 462 cm³/mol. The minimum absolute atomic E-state index is 0.172. The first-order valence-corrected chi connectivity index (χ1v) is 38.0. The van der Waals surface area contributed by atoms with E-state index in [1.165, 1.54) is 0 Å². The number of fused-ring (bicyclic) bond motifs is 2. The Morgan fingerprint density at radius 3 is 0.711 bits per heavy atom. The normalized spacial score (nSPS) is 13.6. The molecule has 114 heavy (non-hydrogen) atoms. The fourth-order valence-electron chi connectivity index (χ4n) is 15.4. The molecule has 0 bridgehead atoms. The molecule has 17 aromatic rings. The van der Waals surface area contributed by atoms with Gasteiger partial charge in [-0.25, -0.2) is 0 Å². The van der Waals surface area contributed by atoms with Crippen LogP contribution in [0.1, 0.15) is 36.1 Å². The van der Waals surface area contributed by atoms with Crippen LogP contribution in [0.2, 0.25) is 0 Å². The summed E-state index contributed by atoms with van der Waals surface area (Å²) in [6.07, 6.45) is -1.87. The minimum atomic E-state index is -1.60. The summed E-state index contributed by atoms with van der Waals surface area (Å²) in [5.41, 5.74) is 13.3. The summed E-state index contributed by atoms with van der Waals surface area (Å²) in [5.74, 6) is 0.119. The van der Waals surface area contributed by atoms with Crippen molar-refractivity contribution in [2.75, 3.05) is 0 Å². The Kier molecular flexibility index (Phi) is 22.4. The second-order valence-electron chi connectivity index (χ2n) is 28.6. The third-order valence-corrected chi connectivity index (χ3v) is 20.9. The highest BCUT2D eigenvalue weighted by Gasteiger charge is 2.61. The smallest absolute Gasteiger partial charge is 0.164 e. The van der Waals surface area contributed by atoms with Crippen LogP contribution in [-0.2, 0) is 20.7 Å². The van der Waals surface area contributed by atoms with E-state index >= 15 is 0 Å². The Hall–Kier alpha value is -13.9. The molecule has 0 aromatic heterocycles. The molecule has 18 rings (SSSR count). The molecule has 1 aliphatic heterocycles. The van der Waals surface area contributed by atoms with Gasteiger partial charge in [-0.15, -0.1) is 0 Å². The van der Waals surface area contributed by atoms with Crippen molar-refractivity contribution in [3.8, 4) is 118 Å². The van der Waals surface area contributed by atoms with Crippen LogP contribution >= 0.6 is 0 Å². The monoisotopic (exact) mass is 1490 g/mol. The number of hydrogen-bond acceptors (Lipinski definition) is 9. The summed E-state index contributed by atoms with van der Waals surface area (Å²) < 4.78 is 13.0. The number of aromatic hydroxyl groups is 5. The summed E-state index contributed by atoms with van der Waals surface area (Å²) in [4.78, 5) is 0. The van der Waals surface area contributed by atoms with E-state index < -0.39 is 29.2 Å². The number of phenolic OH excluding ortho intramolecular Hbond substituents is 5. The second-order valence-corrected chi connectivity index (χ2v) is 28.6. The average molecular weight is 1490 g/mol. The van der Waals surface area contributed by atoms with Crippen LogP contribution in [0.15, 0.2) is 419 Å². The van der Waals surface area contributed by atoms with Crippen molar-refractivity contribution < 1.29 is 45.2 Å². The van der Waals surface area contributed by atoms with E-state index in [2.05, 4.69) is 0 Å². The topological polar surface area (TPSA) is 160 Å². The van der Waals surface area contributed by atoms with Gasteiger partial charge in [-0.05, 0) is 139 Å². The molecular weight excluding hydrogens is 1410 g/mol. The van der Waals surface area contributed by atoms with Gasteiger partial charge < -0.3 is 45.2 Å². The molecule has 1 saturated heterocycles. The zero-order chi connectivity index (χ0) is 78.6. The highest BCUT2D eigenvalue weighted by molar-refractivity contribution is 6.09. The van der Waals surface area contributed by atoms with Gasteiger partial charge in [0, 0.05) is 44.5 Å². The molecule has 7 N–H and O–H groups in total. The van der Waals surface area contributed by atoms with Gasteiger partial charge in [-0.3, -0.25) is 0 Å². The lowest BCUT2D eigenvalue weighted by molar-refractivity contribution is -0.172. The molecule has 1 fully saturated rings. The van der Waals surface area contributed by atoms with E-state index in [1.54, 1.807) is 12.1 Å². The Morgan fingerprint density at radius 2 is 0.447 bits per heavy atom. The predicted octanol–water partition coefficient (Wildman–Crippen LogP) is 24.6. The van der Waals surface area contributed by atoms with Crippen molar-refractivity contribution in [1.29, 1.82) is 0 Å². The van der Waals surface area contributed by atoms with Crippen LogP contribution in [0.25, 0.3) is 111 Å². The largest absolute Gasteiger partial charge is 0.507 e. The highest BCUT2D eigenvalue weighted by atomic mass is 16.8. The third kappa shape index (κ3) is 15.8. The van der Waals surface area contributed by atoms with Crippen LogP contribution in [0.5, 0.6) is 28.7 Å². The van der Waals surface area contributed by atoms with Gasteiger partial charge in [-0.2, -0.15) is 0 Å². The number of benzene rings is 17. The zero-order valence-electron chi connectivity index (χ0n) is 62.9. The number of para-hydroxylation sites is 1. The maximum Gasteiger partial charge on any atom is 0.164 e. The maximum atomic E-state index is 12.6. The van der Waals surface area contributed by atoms with E-state index in [4.69, 9.17) is 9.47 Å². The lowest BCUT2D eigenvalue weighted by atomic mass is 9.72. The molecule has 1 aliphatic rings. The van der Waals surface area contributed by atoms with Crippen molar-refractivity contribution in [3.05, 3.63) is 441 Å². The molecule has 0 radical (unpaired) electrons. The first kappa shape index (κ1) is 75.5. The van der Waals surface area contributed by atoms with Gasteiger partial charge in [0.15, 0.2) is 5.79 Å². The number of aliphatic hydroxyl groups is 2. The molecule has 0 saturated carbocycles. The first-order valence-electron chi connectivity index (χ1n) is 38.0. The van der Waals surface area contributed by atoms with Crippen molar-refractivity contribution >= 4 is 21.5 Å². The van der Waals surface area contributed by atoms with Crippen molar-refractivity contribution in [2.24, 2.45) is 0 Å². The van der Waals surface area contributed by atoms with E-state index in [-0.39, 0.29) is 23.0 Å². The van der Waals surface area contributed by atoms with E-state index in [0.717, 1.165) is 99.4 Å². The lowest BCUT2D eigenvalue weighted by Crippen LogP contribution is -2.54. The summed E-state index contributed by atoms with van der Waals surface area (Å²) in [7, 11) is 0. The molecule has 0 amide bonds. The van der Waals surface area contributed by atoms with Crippen LogP contribution in [0, 0.1) is 0 Å². The molecule has 0 spiro atoms. The van der Waals surface area contributed by atoms with E-state index in [9.17, 15) is 35.7 Å². The summed E-state index contributed by atoms with van der Waals surface area (Å²) in [6, 6.07) is 134. The van der Waals surface area contributed by atoms with Crippen molar-refractivity contribution in [3.63, 3.8) is 0 Å². The average Bonchev–Trinajstić information content (AvgIpc) is 1.52. The quantitative estimate of drug-likeness (QED) is 0.0562. The second kappa shape index (κ2) is 33.8. The van der Waals surface area contributed by atoms with Gasteiger partial charge in [-0.1, -0.05) is 382 Å². The molecule has 2 unspecified atom stereocenters. The fraction of sp³-hybridized carbons (Fsp3) is 0.0667. The Bertz CT molecular complexity index is 5510. The summed E-state index contributed by atoms with van der Waals surface area (Å²) >= 11 is 0. The minimum Gasteiger partial charge on any atom is -0.507 e. The summed E-state index contributed by atoms with van der Waals surface area (Å²) in [5, 5.41) is 83.3. The van der Waals surface area contributed by atoms with Crippen LogP contribution in [0.3, 0.4) is 0 Å². The van der Waals surface area contributed by atoms with Crippen molar-refractivity contribution in [1.82, 2.24) is 0 Å². The molecular formula is C105H84O9. The standard InChI is InChI=1S/C36H26O2.C31H30O4.C20H14O2.C18H14O/c37-35-31(25-13-5-1-6-14-25)21-29(22-32(35)26-15-7-2-8-16-26)30-23-33(27-17-9-3-10-18-27)36(38)34(24-30)28-19-11-4-12-20-28;1-29(2)34-27(30(32,23-15-7-3-8-16-23)24-17-9-4-10-18-24)28(35-29)31(33,25-19-11-5-12-20-25)26-21-13-6-14-22-26;21-17-11-9-13-5-1-3-7-15(13)19(17)20-16-8-4-2-6-14(16)10-12-18(20)22;19-18-16(14-8-3-1-4-9-14)12-7-13-17(18)15-10-5-2-6-11-15/h1-24,37-38H;3-22,27-28,32-33H,1-2H3;1-12,21-22H;1-13,19H. The SMILES string of the molecule is CC1(C)OC(C(O)(c2ccccc2)c2ccccc2)C(C(O)(c2ccccc2)c2ccccc2)O1.Oc1c(-c2ccccc2)cc(-c2cc(-c3ccccc3)c(O)c(-c3ccccc3)c2)cc1-c1ccccc1.Oc1c(-c2ccccc2)cccc1-c1ccccc1.Oc1ccc2ccccc2c1-c1c(O)ccc2ccccc12. The highest BCUT2D eigenvalue weighted by Crippen LogP contribution is 2.52. The van der Waals surface area contributed by atoms with Crippen LogP contribution in [0.4, 0.5) is 0 Å². The van der Waals surface area contributed by atoms with E-state index in [0.29, 0.717) is 39.1 Å². The van der Waals surface area contributed by atoms with Gasteiger partial charge in [0.2, 0.25) is 0 Å². The molecule has 2 atom stereocenters. The van der Waals surface area contributed by atoms with Gasteiger partial charge >= 0.3 is 0 Å². The molecule has 9 nitrogen and oxygen atoms in total. The fourth-order valence-corrected chi connectivity index (χ4v) is 15.4. The number of hydrogen-bond donors (Lipinski definition) is 7. The third-order valence-electron chi connectivity index (χ3n) is 20.9. The first-order chi connectivity index (χ1) is 55.7. The lowest BCUT2D eigenvalue weighted by Gasteiger charge is -2.42. The zero-order valence-corrected chi connectivity index (χ0v) is 62.9. The van der Waals surface area contributed by atoms with Gasteiger partial charge in [0.25, 0.3) is 0 Å².